The molecule has 3 rings (SSSR count). The summed E-state index contributed by atoms with van der Waals surface area (Å²) in [6.07, 6.45) is 2.24. The third kappa shape index (κ3) is 4.27. The van der Waals surface area contributed by atoms with Gasteiger partial charge in [-0.3, -0.25) is 14.8 Å². The maximum atomic E-state index is 12.4. The van der Waals surface area contributed by atoms with Gasteiger partial charge in [0.2, 0.25) is 5.91 Å². The van der Waals surface area contributed by atoms with E-state index in [1.807, 2.05) is 44.2 Å². The highest BCUT2D eigenvalue weighted by atomic mass is 16.3. The topological polar surface area (TPSA) is 81.2 Å². The number of likely N-dealkylation sites (tertiary alicyclic amines) is 1. The van der Waals surface area contributed by atoms with Gasteiger partial charge in [0.15, 0.2) is 0 Å². The molecule has 1 saturated heterocycles. The number of hydrogen-bond acceptors (Lipinski definition) is 4. The minimum atomic E-state index is -0.492. The molecule has 1 fully saturated rings. The van der Waals surface area contributed by atoms with E-state index in [0.717, 1.165) is 42.0 Å². The molecule has 3 N–H and O–H groups in total. The first-order valence-electron chi connectivity index (χ1n) is 8.83. The normalized spacial score (nSPS) is 19.1. The van der Waals surface area contributed by atoms with Crippen LogP contribution >= 0.6 is 0 Å². The minimum absolute atomic E-state index is 0.0336. The monoisotopic (exact) mass is 342 g/mol. The van der Waals surface area contributed by atoms with Crippen molar-refractivity contribution in [1.29, 1.82) is 0 Å². The summed E-state index contributed by atoms with van der Waals surface area (Å²) in [7, 11) is 0. The van der Waals surface area contributed by atoms with Crippen LogP contribution in [0, 0.1) is 13.8 Å². The number of aliphatic hydroxyl groups excluding tert-OH is 1. The average Bonchev–Trinajstić information content (AvgIpc) is 3.17. The molecule has 0 radical (unpaired) electrons. The second kappa shape index (κ2) is 7.80. The highest BCUT2D eigenvalue weighted by molar-refractivity contribution is 5.93. The number of benzene rings is 1. The van der Waals surface area contributed by atoms with Gasteiger partial charge in [-0.05, 0) is 45.2 Å². The summed E-state index contributed by atoms with van der Waals surface area (Å²) in [6.45, 7) is 5.00. The highest BCUT2D eigenvalue weighted by Gasteiger charge is 2.28. The second-order valence-electron chi connectivity index (χ2n) is 6.79. The molecule has 1 aliphatic heterocycles. The lowest BCUT2D eigenvalue weighted by molar-refractivity contribution is -0.117. The molecule has 6 heteroatoms. The number of carbonyl (C=O) groups excluding carboxylic acids is 1. The van der Waals surface area contributed by atoms with Crippen molar-refractivity contribution in [1.82, 2.24) is 15.1 Å². The van der Waals surface area contributed by atoms with Gasteiger partial charge in [0, 0.05) is 6.04 Å². The lowest BCUT2D eigenvalue weighted by Crippen LogP contribution is -2.37. The third-order valence-corrected chi connectivity index (χ3v) is 4.92. The standard InChI is InChI=1S/C19H26N4O2/c1-13-19(14(2)22-21-13)20-18(25)12-23-10-6-9-16(23)11-17(24)15-7-4-3-5-8-15/h3-5,7-8,16-17,24H,6,9-12H2,1-2H3,(H,20,25)(H,21,22)/t16-,17-/m1/s1. The number of rotatable bonds is 6. The van der Waals surface area contributed by atoms with Crippen molar-refractivity contribution in [2.45, 2.75) is 45.3 Å². The number of aromatic amines is 1. The Balaban J connectivity index is 1.57. The van der Waals surface area contributed by atoms with Gasteiger partial charge in [0.1, 0.15) is 0 Å². The summed E-state index contributed by atoms with van der Waals surface area (Å²) in [6, 6.07) is 9.94. The predicted molar refractivity (Wildman–Crippen MR) is 97.3 cm³/mol. The zero-order valence-electron chi connectivity index (χ0n) is 14.8. The van der Waals surface area contributed by atoms with Crippen LogP contribution in [0.2, 0.25) is 0 Å². The second-order valence-corrected chi connectivity index (χ2v) is 6.79. The Bertz CT molecular complexity index is 694. The number of anilines is 1. The molecule has 0 bridgehead atoms. The molecule has 2 aromatic rings. The molecule has 1 amide bonds. The Labute approximate surface area is 148 Å². The molecular weight excluding hydrogens is 316 g/mol. The molecule has 6 nitrogen and oxygen atoms in total. The van der Waals surface area contributed by atoms with E-state index in [1.165, 1.54) is 0 Å². The maximum Gasteiger partial charge on any atom is 0.238 e. The number of hydrogen-bond donors (Lipinski definition) is 3. The van der Waals surface area contributed by atoms with Crippen molar-refractivity contribution in [3.05, 3.63) is 47.3 Å². The zero-order chi connectivity index (χ0) is 17.8. The van der Waals surface area contributed by atoms with E-state index in [4.69, 9.17) is 0 Å². The lowest BCUT2D eigenvalue weighted by Gasteiger charge is -2.26. The highest BCUT2D eigenvalue weighted by Crippen LogP contribution is 2.27. The summed E-state index contributed by atoms with van der Waals surface area (Å²) >= 11 is 0. The van der Waals surface area contributed by atoms with Crippen LogP contribution in [0.4, 0.5) is 5.69 Å². The van der Waals surface area contributed by atoms with E-state index in [-0.39, 0.29) is 11.9 Å². The fraction of sp³-hybridized carbons (Fsp3) is 0.474. The van der Waals surface area contributed by atoms with Gasteiger partial charge in [-0.1, -0.05) is 30.3 Å². The van der Waals surface area contributed by atoms with Gasteiger partial charge >= 0.3 is 0 Å². The quantitative estimate of drug-likeness (QED) is 0.753. The molecular formula is C19H26N4O2. The number of carbonyl (C=O) groups is 1. The number of aromatic nitrogens is 2. The van der Waals surface area contributed by atoms with Crippen molar-refractivity contribution in [2.75, 3.05) is 18.4 Å². The third-order valence-electron chi connectivity index (χ3n) is 4.92. The van der Waals surface area contributed by atoms with Crippen LogP contribution in [-0.2, 0) is 4.79 Å². The van der Waals surface area contributed by atoms with Crippen molar-refractivity contribution in [3.63, 3.8) is 0 Å². The fourth-order valence-corrected chi connectivity index (χ4v) is 3.54. The average molecular weight is 342 g/mol. The molecule has 0 aliphatic carbocycles. The van der Waals surface area contributed by atoms with E-state index in [2.05, 4.69) is 20.4 Å². The molecule has 1 aromatic heterocycles. The Hall–Kier alpha value is -2.18. The van der Waals surface area contributed by atoms with Crippen LogP contribution in [0.25, 0.3) is 0 Å². The molecule has 1 aliphatic rings. The van der Waals surface area contributed by atoms with Crippen LogP contribution in [0.15, 0.2) is 30.3 Å². The van der Waals surface area contributed by atoms with Crippen LogP contribution in [0.1, 0.15) is 42.3 Å². The number of aryl methyl sites for hydroxylation is 2. The van der Waals surface area contributed by atoms with Gasteiger partial charge < -0.3 is 10.4 Å². The Kier molecular flexibility index (Phi) is 5.50. The van der Waals surface area contributed by atoms with Crippen molar-refractivity contribution in [2.24, 2.45) is 0 Å². The van der Waals surface area contributed by atoms with Crippen LogP contribution in [0.3, 0.4) is 0 Å². The number of aliphatic hydroxyl groups is 1. The van der Waals surface area contributed by atoms with Crippen LogP contribution in [-0.4, -0.2) is 45.2 Å². The van der Waals surface area contributed by atoms with Gasteiger partial charge in [-0.2, -0.15) is 5.10 Å². The van der Waals surface area contributed by atoms with Crippen molar-refractivity contribution >= 4 is 11.6 Å². The van der Waals surface area contributed by atoms with Crippen molar-refractivity contribution in [3.8, 4) is 0 Å². The van der Waals surface area contributed by atoms with E-state index < -0.39 is 6.10 Å². The molecule has 1 aromatic carbocycles. The van der Waals surface area contributed by atoms with Gasteiger partial charge in [0.25, 0.3) is 0 Å². The van der Waals surface area contributed by atoms with E-state index in [9.17, 15) is 9.90 Å². The SMILES string of the molecule is Cc1n[nH]c(C)c1NC(=O)CN1CCC[C@@H]1C[C@@H](O)c1ccccc1. The zero-order valence-corrected chi connectivity index (χ0v) is 14.8. The van der Waals surface area contributed by atoms with Crippen molar-refractivity contribution < 1.29 is 9.90 Å². The van der Waals surface area contributed by atoms with E-state index >= 15 is 0 Å². The van der Waals surface area contributed by atoms with Crippen LogP contribution < -0.4 is 5.32 Å². The smallest absolute Gasteiger partial charge is 0.238 e. The van der Waals surface area contributed by atoms with Gasteiger partial charge in [-0.15, -0.1) is 0 Å². The van der Waals surface area contributed by atoms with Crippen LogP contribution in [0.5, 0.6) is 0 Å². The first kappa shape index (κ1) is 17.6. The Morgan fingerprint density at radius 2 is 2.16 bits per heavy atom. The van der Waals surface area contributed by atoms with E-state index in [0.29, 0.717) is 13.0 Å². The minimum Gasteiger partial charge on any atom is -0.388 e. The Morgan fingerprint density at radius 3 is 2.84 bits per heavy atom. The molecule has 0 saturated carbocycles. The number of nitrogens with zero attached hydrogens (tertiary/aromatic N) is 2. The van der Waals surface area contributed by atoms with Gasteiger partial charge in [-0.25, -0.2) is 0 Å². The summed E-state index contributed by atoms with van der Waals surface area (Å²) in [5, 5.41) is 20.4. The molecule has 25 heavy (non-hydrogen) atoms. The number of nitrogens with one attached hydrogen (secondary N) is 2. The van der Waals surface area contributed by atoms with E-state index in [1.54, 1.807) is 0 Å². The summed E-state index contributed by atoms with van der Waals surface area (Å²) in [4.78, 5) is 14.6. The fourth-order valence-electron chi connectivity index (χ4n) is 3.54. The first-order chi connectivity index (χ1) is 12.0. The molecule has 0 unspecified atom stereocenters. The number of H-pyrrole nitrogens is 1. The summed E-state index contributed by atoms with van der Waals surface area (Å²) in [5.41, 5.74) is 3.36. The molecule has 0 spiro atoms. The molecule has 134 valence electrons. The predicted octanol–water partition coefficient (Wildman–Crippen LogP) is 2.55. The summed E-state index contributed by atoms with van der Waals surface area (Å²) in [5.74, 6) is -0.0336. The molecule has 2 heterocycles. The Morgan fingerprint density at radius 1 is 1.40 bits per heavy atom. The lowest BCUT2D eigenvalue weighted by atomic mass is 10.0. The molecule has 2 atom stereocenters. The number of amides is 1. The first-order valence-corrected chi connectivity index (χ1v) is 8.83. The maximum absolute atomic E-state index is 12.4. The largest absolute Gasteiger partial charge is 0.388 e. The van der Waals surface area contributed by atoms with Gasteiger partial charge in [0.05, 0.1) is 29.7 Å². The summed E-state index contributed by atoms with van der Waals surface area (Å²) < 4.78 is 0.